The highest BCUT2D eigenvalue weighted by molar-refractivity contribution is 7.15. The smallest absolute Gasteiger partial charge is 0.342 e. The lowest BCUT2D eigenvalue weighted by atomic mass is 9.82. The fraction of sp³-hybridized carbons (Fsp3) is 0.348. The number of carbonyl (C=O) groups excluding carboxylic acids is 2. The number of hydrogen-bond acceptors (Lipinski definition) is 5. The molecule has 2 aliphatic rings. The van der Waals surface area contributed by atoms with Crippen LogP contribution in [0.4, 0.5) is 5.00 Å². The topological polar surface area (TPSA) is 92.7 Å². The zero-order valence-electron chi connectivity index (χ0n) is 16.7. The molecule has 156 valence electrons. The average Bonchev–Trinajstić information content (AvgIpc) is 3.42. The van der Waals surface area contributed by atoms with Crippen LogP contribution >= 0.6 is 11.3 Å². The number of amides is 1. The molecular weight excluding hydrogens is 402 g/mol. The number of hydrogen-bond donors (Lipinski definition) is 2. The van der Waals surface area contributed by atoms with Crippen molar-refractivity contribution >= 4 is 34.2 Å². The standard InChI is InChI=1S/C23H23NO5S/c1-12(2)29-23(28)19-16(13-6-4-3-5-7-13)11-30-21(19)24-20(25)17-14-8-9-15(10-14)18(17)22(26)27/h3-9,11-12,14-15,17-18H,10H2,1-2H3,(H,24,25)(H,26,27)/t14-,15-,17-,18+/m0/s1. The number of carboxylic acids is 1. The Labute approximate surface area is 178 Å². The van der Waals surface area contributed by atoms with Crippen LogP contribution in [0.15, 0.2) is 47.9 Å². The molecule has 0 saturated heterocycles. The second-order valence-corrected chi connectivity index (χ2v) is 8.88. The van der Waals surface area contributed by atoms with Crippen molar-refractivity contribution in [1.82, 2.24) is 0 Å². The van der Waals surface area contributed by atoms with Gasteiger partial charge in [-0.05, 0) is 37.7 Å². The van der Waals surface area contributed by atoms with Gasteiger partial charge in [0.2, 0.25) is 5.91 Å². The number of carboxylic acid groups (broad SMARTS) is 1. The number of nitrogens with one attached hydrogen (secondary N) is 1. The van der Waals surface area contributed by atoms with Crippen LogP contribution in [0.1, 0.15) is 30.6 Å². The normalized spacial score (nSPS) is 24.2. The molecule has 2 aliphatic carbocycles. The van der Waals surface area contributed by atoms with E-state index < -0.39 is 23.8 Å². The summed E-state index contributed by atoms with van der Waals surface area (Å²) < 4.78 is 5.42. The minimum absolute atomic E-state index is 0.0873. The summed E-state index contributed by atoms with van der Waals surface area (Å²) in [5.74, 6) is -3.41. The lowest BCUT2D eigenvalue weighted by Crippen LogP contribution is -2.36. The fourth-order valence-corrected chi connectivity index (χ4v) is 5.43. The molecular formula is C23H23NO5S. The second-order valence-electron chi connectivity index (χ2n) is 8.00. The van der Waals surface area contributed by atoms with E-state index in [0.29, 0.717) is 22.5 Å². The maximum absolute atomic E-state index is 13.1. The van der Waals surface area contributed by atoms with Gasteiger partial charge in [-0.3, -0.25) is 9.59 Å². The van der Waals surface area contributed by atoms with Gasteiger partial charge in [-0.2, -0.15) is 0 Å². The van der Waals surface area contributed by atoms with Crippen molar-refractivity contribution in [3.63, 3.8) is 0 Å². The van der Waals surface area contributed by atoms with Gasteiger partial charge in [0, 0.05) is 10.9 Å². The van der Waals surface area contributed by atoms with E-state index in [-0.39, 0.29) is 23.8 Å². The Hall–Kier alpha value is -2.93. The SMILES string of the molecule is CC(C)OC(=O)c1c(-c2ccccc2)csc1NC(=O)[C@@H]1[C@H](C(=O)O)[C@H]2C=C[C@H]1C2. The fourth-order valence-electron chi connectivity index (χ4n) is 4.47. The molecule has 1 fully saturated rings. The van der Waals surface area contributed by atoms with E-state index >= 15 is 0 Å². The Morgan fingerprint density at radius 3 is 2.40 bits per heavy atom. The summed E-state index contributed by atoms with van der Waals surface area (Å²) in [6.45, 7) is 3.54. The molecule has 0 unspecified atom stereocenters. The lowest BCUT2D eigenvalue weighted by Gasteiger charge is -2.23. The van der Waals surface area contributed by atoms with Crippen molar-refractivity contribution in [2.75, 3.05) is 5.32 Å². The zero-order chi connectivity index (χ0) is 21.4. The van der Waals surface area contributed by atoms with E-state index in [1.165, 1.54) is 11.3 Å². The molecule has 4 rings (SSSR count). The number of carbonyl (C=O) groups is 3. The summed E-state index contributed by atoms with van der Waals surface area (Å²) in [5, 5.41) is 14.7. The Morgan fingerprint density at radius 2 is 1.77 bits per heavy atom. The summed E-state index contributed by atoms with van der Waals surface area (Å²) in [4.78, 5) is 37.7. The number of rotatable bonds is 6. The third-order valence-corrected chi connectivity index (χ3v) is 6.60. The number of anilines is 1. The predicted octanol–water partition coefficient (Wildman–Crippen LogP) is 4.44. The summed E-state index contributed by atoms with van der Waals surface area (Å²) in [6, 6.07) is 9.42. The number of ether oxygens (including phenoxy) is 1. The molecule has 7 heteroatoms. The third-order valence-electron chi connectivity index (χ3n) is 5.71. The molecule has 0 spiro atoms. The molecule has 2 N–H and O–H groups in total. The molecule has 30 heavy (non-hydrogen) atoms. The van der Waals surface area contributed by atoms with Gasteiger partial charge in [0.05, 0.1) is 17.9 Å². The van der Waals surface area contributed by atoms with Gasteiger partial charge < -0.3 is 15.2 Å². The predicted molar refractivity (Wildman–Crippen MR) is 114 cm³/mol. The van der Waals surface area contributed by atoms with E-state index in [9.17, 15) is 19.5 Å². The van der Waals surface area contributed by atoms with Crippen LogP contribution in [0.5, 0.6) is 0 Å². The number of fused-ring (bicyclic) bond motifs is 2. The third kappa shape index (κ3) is 3.65. The molecule has 6 nitrogen and oxygen atoms in total. The van der Waals surface area contributed by atoms with Crippen LogP contribution in [0.3, 0.4) is 0 Å². The number of allylic oxidation sites excluding steroid dienone is 2. The van der Waals surface area contributed by atoms with E-state index in [2.05, 4.69) is 5.32 Å². The van der Waals surface area contributed by atoms with Crippen molar-refractivity contribution in [2.45, 2.75) is 26.4 Å². The molecule has 0 radical (unpaired) electrons. The first kappa shape index (κ1) is 20.3. The average molecular weight is 426 g/mol. The molecule has 1 heterocycles. The minimum Gasteiger partial charge on any atom is -0.481 e. The van der Waals surface area contributed by atoms with Crippen molar-refractivity contribution in [3.8, 4) is 11.1 Å². The number of thiophene rings is 1. The first-order valence-electron chi connectivity index (χ1n) is 9.96. The van der Waals surface area contributed by atoms with Crippen LogP contribution in [0.2, 0.25) is 0 Å². The molecule has 1 aromatic carbocycles. The minimum atomic E-state index is -0.956. The van der Waals surface area contributed by atoms with Crippen molar-refractivity contribution < 1.29 is 24.2 Å². The van der Waals surface area contributed by atoms with Crippen LogP contribution in [-0.4, -0.2) is 29.1 Å². The Kier molecular flexibility index (Phi) is 5.47. The van der Waals surface area contributed by atoms with Gasteiger partial charge in [-0.1, -0.05) is 42.5 Å². The summed E-state index contributed by atoms with van der Waals surface area (Å²) in [6.07, 6.45) is 4.21. The highest BCUT2D eigenvalue weighted by Gasteiger charge is 2.51. The van der Waals surface area contributed by atoms with E-state index in [1.54, 1.807) is 13.8 Å². The van der Waals surface area contributed by atoms with Gasteiger partial charge in [0.15, 0.2) is 0 Å². The molecule has 4 atom stereocenters. The van der Waals surface area contributed by atoms with Crippen LogP contribution < -0.4 is 5.32 Å². The first-order valence-corrected chi connectivity index (χ1v) is 10.8. The summed E-state index contributed by atoms with van der Waals surface area (Å²) in [7, 11) is 0. The quantitative estimate of drug-likeness (QED) is 0.527. The van der Waals surface area contributed by atoms with Crippen LogP contribution in [-0.2, 0) is 14.3 Å². The lowest BCUT2D eigenvalue weighted by molar-refractivity contribution is -0.146. The van der Waals surface area contributed by atoms with Crippen LogP contribution in [0.25, 0.3) is 11.1 Å². The zero-order valence-corrected chi connectivity index (χ0v) is 17.5. The van der Waals surface area contributed by atoms with Gasteiger partial charge >= 0.3 is 11.9 Å². The number of esters is 1. The summed E-state index contributed by atoms with van der Waals surface area (Å²) in [5.41, 5.74) is 1.83. The molecule has 0 aliphatic heterocycles. The van der Waals surface area contributed by atoms with Crippen molar-refractivity contribution in [1.29, 1.82) is 0 Å². The second kappa shape index (κ2) is 8.07. The van der Waals surface area contributed by atoms with Gasteiger partial charge in [-0.15, -0.1) is 11.3 Å². The monoisotopic (exact) mass is 425 g/mol. The first-order chi connectivity index (χ1) is 14.4. The Morgan fingerprint density at radius 1 is 1.10 bits per heavy atom. The summed E-state index contributed by atoms with van der Waals surface area (Å²) >= 11 is 1.24. The highest BCUT2D eigenvalue weighted by atomic mass is 32.1. The highest BCUT2D eigenvalue weighted by Crippen LogP contribution is 2.49. The van der Waals surface area contributed by atoms with E-state index in [0.717, 1.165) is 5.56 Å². The molecule has 2 bridgehead atoms. The molecule has 1 amide bonds. The molecule has 2 aromatic rings. The Balaban J connectivity index is 1.66. The van der Waals surface area contributed by atoms with E-state index in [4.69, 9.17) is 4.74 Å². The molecule has 1 saturated carbocycles. The van der Waals surface area contributed by atoms with Gasteiger partial charge in [0.25, 0.3) is 0 Å². The maximum Gasteiger partial charge on any atom is 0.342 e. The van der Waals surface area contributed by atoms with Crippen molar-refractivity contribution in [2.24, 2.45) is 23.7 Å². The van der Waals surface area contributed by atoms with Gasteiger partial charge in [0.1, 0.15) is 10.6 Å². The molecule has 1 aromatic heterocycles. The van der Waals surface area contributed by atoms with Gasteiger partial charge in [-0.25, -0.2) is 4.79 Å². The maximum atomic E-state index is 13.1. The largest absolute Gasteiger partial charge is 0.481 e. The number of aliphatic carboxylic acids is 1. The number of benzene rings is 1. The van der Waals surface area contributed by atoms with Crippen molar-refractivity contribution in [3.05, 3.63) is 53.4 Å². The van der Waals surface area contributed by atoms with Crippen LogP contribution in [0, 0.1) is 23.7 Å². The van der Waals surface area contributed by atoms with E-state index in [1.807, 2.05) is 47.9 Å². The Bertz CT molecular complexity index is 1010.